The molecule has 0 saturated carbocycles. The third kappa shape index (κ3) is 5.22. The molecule has 0 bridgehead atoms. The van der Waals surface area contributed by atoms with Crippen LogP contribution in [0.1, 0.15) is 29.6 Å². The number of carbonyl (C=O) groups excluding carboxylic acids is 1. The van der Waals surface area contributed by atoms with Crippen molar-refractivity contribution >= 4 is 29.1 Å². The average Bonchev–Trinajstić information content (AvgIpc) is 3.31. The van der Waals surface area contributed by atoms with E-state index in [1.807, 2.05) is 59.5 Å². The quantitative estimate of drug-likeness (QED) is 0.573. The van der Waals surface area contributed by atoms with Crippen molar-refractivity contribution in [1.82, 2.24) is 19.8 Å². The zero-order chi connectivity index (χ0) is 23.5. The molecule has 2 N–H and O–H groups in total. The fraction of sp³-hybridized carbons (Fsp3) is 0.346. The van der Waals surface area contributed by atoms with Gasteiger partial charge in [0.15, 0.2) is 0 Å². The minimum atomic E-state index is -0.197. The van der Waals surface area contributed by atoms with E-state index in [4.69, 9.17) is 11.6 Å². The van der Waals surface area contributed by atoms with Crippen LogP contribution in [-0.4, -0.2) is 69.1 Å². The standard InChI is InChI=1S/C26H28ClN5O2/c27-20-5-1-18(2-6-20)24-9-13-28-26(30-24)29-21-7-3-19(4-8-21)25(34)31-14-10-22(11-15-31)32-16-12-23(33)17-32/h1-9,13,22-23,33H,10-12,14-17H2,(H,28,29,30). The summed E-state index contributed by atoms with van der Waals surface area (Å²) in [5, 5.41) is 13.7. The number of piperidine rings is 1. The summed E-state index contributed by atoms with van der Waals surface area (Å²) in [6.07, 6.45) is 4.29. The average molecular weight is 478 g/mol. The topological polar surface area (TPSA) is 81.6 Å². The number of hydrogen-bond donors (Lipinski definition) is 2. The van der Waals surface area contributed by atoms with Gasteiger partial charge in [0.1, 0.15) is 0 Å². The molecule has 1 atom stereocenters. The lowest BCUT2D eigenvalue weighted by Crippen LogP contribution is -2.46. The molecule has 1 aromatic heterocycles. The molecule has 2 aliphatic rings. The summed E-state index contributed by atoms with van der Waals surface area (Å²) in [4.78, 5) is 26.2. The van der Waals surface area contributed by atoms with Crippen LogP contribution in [0.15, 0.2) is 60.8 Å². The number of carbonyl (C=O) groups is 1. The van der Waals surface area contributed by atoms with Crippen LogP contribution >= 0.6 is 11.6 Å². The normalized spacial score (nSPS) is 19.4. The molecule has 1 amide bonds. The van der Waals surface area contributed by atoms with E-state index in [0.717, 1.165) is 62.4 Å². The van der Waals surface area contributed by atoms with Gasteiger partial charge in [-0.2, -0.15) is 0 Å². The lowest BCUT2D eigenvalue weighted by atomic mass is 10.0. The predicted octanol–water partition coefficient (Wildman–Crippen LogP) is 4.21. The number of nitrogens with one attached hydrogen (secondary N) is 1. The van der Waals surface area contributed by atoms with E-state index >= 15 is 0 Å². The molecule has 0 aliphatic carbocycles. The Bertz CT molecular complexity index is 1130. The fourth-order valence-corrected chi connectivity index (χ4v) is 4.87. The van der Waals surface area contributed by atoms with E-state index in [1.54, 1.807) is 6.20 Å². The molecular formula is C26H28ClN5O2. The molecular weight excluding hydrogens is 450 g/mol. The lowest BCUT2D eigenvalue weighted by molar-refractivity contribution is 0.0627. The molecule has 8 heteroatoms. The second-order valence-corrected chi connectivity index (χ2v) is 9.37. The van der Waals surface area contributed by atoms with E-state index in [-0.39, 0.29) is 12.0 Å². The van der Waals surface area contributed by atoms with Gasteiger partial charge in [0.2, 0.25) is 5.95 Å². The summed E-state index contributed by atoms with van der Waals surface area (Å²) < 4.78 is 0. The maximum Gasteiger partial charge on any atom is 0.253 e. The van der Waals surface area contributed by atoms with Crippen LogP contribution < -0.4 is 5.32 Å². The number of benzene rings is 2. The first-order chi connectivity index (χ1) is 16.5. The summed E-state index contributed by atoms with van der Waals surface area (Å²) in [6, 6.07) is 17.3. The van der Waals surface area contributed by atoms with E-state index in [9.17, 15) is 9.90 Å². The van der Waals surface area contributed by atoms with Gasteiger partial charge in [0.05, 0.1) is 11.8 Å². The molecule has 2 aromatic carbocycles. The highest BCUT2D eigenvalue weighted by Crippen LogP contribution is 2.24. The van der Waals surface area contributed by atoms with Crippen LogP contribution in [0.2, 0.25) is 5.02 Å². The minimum Gasteiger partial charge on any atom is -0.392 e. The van der Waals surface area contributed by atoms with Gasteiger partial charge < -0.3 is 15.3 Å². The summed E-state index contributed by atoms with van der Waals surface area (Å²) in [7, 11) is 0. The Hall–Kier alpha value is -3.00. The fourth-order valence-electron chi connectivity index (χ4n) is 4.74. The van der Waals surface area contributed by atoms with Crippen molar-refractivity contribution in [3.63, 3.8) is 0 Å². The number of nitrogens with zero attached hydrogens (tertiary/aromatic N) is 4. The highest BCUT2D eigenvalue weighted by Gasteiger charge is 2.31. The number of amides is 1. The molecule has 0 radical (unpaired) electrons. The Morgan fingerprint density at radius 1 is 0.971 bits per heavy atom. The maximum atomic E-state index is 13.0. The van der Waals surface area contributed by atoms with Crippen LogP contribution in [0, 0.1) is 0 Å². The van der Waals surface area contributed by atoms with Crippen molar-refractivity contribution in [2.24, 2.45) is 0 Å². The van der Waals surface area contributed by atoms with E-state index < -0.39 is 0 Å². The van der Waals surface area contributed by atoms with Crippen molar-refractivity contribution < 1.29 is 9.90 Å². The third-order valence-electron chi connectivity index (χ3n) is 6.65. The number of rotatable bonds is 5. The largest absolute Gasteiger partial charge is 0.392 e. The Morgan fingerprint density at radius 3 is 2.38 bits per heavy atom. The van der Waals surface area contributed by atoms with Crippen molar-refractivity contribution in [3.05, 3.63) is 71.4 Å². The number of aliphatic hydroxyl groups excluding tert-OH is 1. The Labute approximate surface area is 204 Å². The zero-order valence-electron chi connectivity index (χ0n) is 18.9. The van der Waals surface area contributed by atoms with E-state index in [2.05, 4.69) is 20.2 Å². The molecule has 2 fully saturated rings. The van der Waals surface area contributed by atoms with Gasteiger partial charge in [-0.05, 0) is 61.7 Å². The molecule has 2 saturated heterocycles. The Morgan fingerprint density at radius 2 is 1.71 bits per heavy atom. The first kappa shape index (κ1) is 22.8. The molecule has 7 nitrogen and oxygen atoms in total. The van der Waals surface area contributed by atoms with Crippen LogP contribution in [-0.2, 0) is 0 Å². The molecule has 2 aliphatic heterocycles. The van der Waals surface area contributed by atoms with Gasteiger partial charge in [-0.15, -0.1) is 0 Å². The number of likely N-dealkylation sites (tertiary alicyclic amines) is 2. The number of halogens is 1. The van der Waals surface area contributed by atoms with E-state index in [0.29, 0.717) is 22.6 Å². The van der Waals surface area contributed by atoms with Crippen molar-refractivity contribution in [2.75, 3.05) is 31.5 Å². The SMILES string of the molecule is O=C(c1ccc(Nc2nccc(-c3ccc(Cl)cc3)n2)cc1)N1CCC(N2CCC(O)C2)CC1. The monoisotopic (exact) mass is 477 g/mol. The number of hydrogen-bond acceptors (Lipinski definition) is 6. The first-order valence-corrected chi connectivity index (χ1v) is 12.1. The van der Waals surface area contributed by atoms with Gasteiger partial charge in [0.25, 0.3) is 5.91 Å². The second-order valence-electron chi connectivity index (χ2n) is 8.94. The lowest BCUT2D eigenvalue weighted by Gasteiger charge is -2.36. The number of β-amino-alcohol motifs (C(OH)–C–C–N with tert-alkyl or cyclic N) is 1. The summed E-state index contributed by atoms with van der Waals surface area (Å²) >= 11 is 5.98. The van der Waals surface area contributed by atoms with Crippen LogP contribution in [0.5, 0.6) is 0 Å². The van der Waals surface area contributed by atoms with Gasteiger partial charge in [-0.3, -0.25) is 9.69 Å². The molecule has 0 spiro atoms. The summed E-state index contributed by atoms with van der Waals surface area (Å²) in [5.74, 6) is 0.549. The van der Waals surface area contributed by atoms with Crippen molar-refractivity contribution in [3.8, 4) is 11.3 Å². The highest BCUT2D eigenvalue weighted by molar-refractivity contribution is 6.30. The highest BCUT2D eigenvalue weighted by atomic mass is 35.5. The minimum absolute atomic E-state index is 0.0624. The van der Waals surface area contributed by atoms with Crippen LogP contribution in [0.4, 0.5) is 11.6 Å². The molecule has 34 heavy (non-hydrogen) atoms. The predicted molar refractivity (Wildman–Crippen MR) is 133 cm³/mol. The smallest absolute Gasteiger partial charge is 0.253 e. The van der Waals surface area contributed by atoms with Crippen molar-refractivity contribution in [1.29, 1.82) is 0 Å². The molecule has 5 rings (SSSR count). The summed E-state index contributed by atoms with van der Waals surface area (Å²) in [6.45, 7) is 3.23. The van der Waals surface area contributed by atoms with Gasteiger partial charge in [-0.25, -0.2) is 9.97 Å². The second kappa shape index (κ2) is 10.1. The molecule has 3 heterocycles. The van der Waals surface area contributed by atoms with Gasteiger partial charge in [-0.1, -0.05) is 23.7 Å². The van der Waals surface area contributed by atoms with E-state index in [1.165, 1.54) is 0 Å². The first-order valence-electron chi connectivity index (χ1n) is 11.7. The number of aliphatic hydroxyl groups is 1. The summed E-state index contributed by atoms with van der Waals surface area (Å²) in [5.41, 5.74) is 3.25. The molecule has 1 unspecified atom stereocenters. The zero-order valence-corrected chi connectivity index (χ0v) is 19.7. The van der Waals surface area contributed by atoms with Crippen molar-refractivity contribution in [2.45, 2.75) is 31.4 Å². The Balaban J connectivity index is 1.18. The maximum absolute atomic E-state index is 13.0. The van der Waals surface area contributed by atoms with Crippen LogP contribution in [0.3, 0.4) is 0 Å². The number of aromatic nitrogens is 2. The van der Waals surface area contributed by atoms with Gasteiger partial charge in [0, 0.05) is 60.3 Å². The van der Waals surface area contributed by atoms with Crippen LogP contribution in [0.25, 0.3) is 11.3 Å². The molecule has 3 aromatic rings. The molecule has 176 valence electrons. The third-order valence-corrected chi connectivity index (χ3v) is 6.90. The Kier molecular flexibility index (Phi) is 6.76. The van der Waals surface area contributed by atoms with Gasteiger partial charge >= 0.3 is 0 Å². The number of anilines is 2.